The van der Waals surface area contributed by atoms with Crippen LogP contribution >= 0.6 is 0 Å². The predicted molar refractivity (Wildman–Crippen MR) is 91.4 cm³/mol. The van der Waals surface area contributed by atoms with Crippen molar-refractivity contribution >= 4 is 15.7 Å². The SMILES string of the molecule is COc1ccc(OC)c(CNS(=O)(=O)c2cc([N+](=O)[O-])ccc2C)c1. The molecule has 2 aromatic carbocycles. The average molecular weight is 366 g/mol. The molecule has 0 amide bonds. The summed E-state index contributed by atoms with van der Waals surface area (Å²) in [6.07, 6.45) is 0. The summed E-state index contributed by atoms with van der Waals surface area (Å²) < 4.78 is 37.9. The predicted octanol–water partition coefficient (Wildman–Crippen LogP) is 2.40. The molecule has 2 aromatic rings. The van der Waals surface area contributed by atoms with Crippen molar-refractivity contribution in [2.75, 3.05) is 14.2 Å². The fraction of sp³-hybridized carbons (Fsp3) is 0.250. The summed E-state index contributed by atoms with van der Waals surface area (Å²) in [5.41, 5.74) is 0.703. The van der Waals surface area contributed by atoms with Gasteiger partial charge in [0.2, 0.25) is 10.0 Å². The van der Waals surface area contributed by atoms with Gasteiger partial charge in [-0.2, -0.15) is 0 Å². The molecule has 1 N–H and O–H groups in total. The van der Waals surface area contributed by atoms with Crippen molar-refractivity contribution in [3.63, 3.8) is 0 Å². The molecule has 0 bridgehead atoms. The lowest BCUT2D eigenvalue weighted by Crippen LogP contribution is -2.24. The summed E-state index contributed by atoms with van der Waals surface area (Å²) in [7, 11) is -0.962. The summed E-state index contributed by atoms with van der Waals surface area (Å²) >= 11 is 0. The Morgan fingerprint density at radius 2 is 1.84 bits per heavy atom. The lowest BCUT2D eigenvalue weighted by Gasteiger charge is -2.13. The number of methoxy groups -OCH3 is 2. The molecule has 0 aliphatic carbocycles. The molecule has 8 nitrogen and oxygen atoms in total. The maximum atomic E-state index is 12.5. The first-order chi connectivity index (χ1) is 11.8. The van der Waals surface area contributed by atoms with E-state index in [-0.39, 0.29) is 17.1 Å². The zero-order chi connectivity index (χ0) is 18.6. The first-order valence-electron chi connectivity index (χ1n) is 7.24. The smallest absolute Gasteiger partial charge is 0.270 e. The number of sulfonamides is 1. The molecule has 25 heavy (non-hydrogen) atoms. The molecular weight excluding hydrogens is 348 g/mol. The van der Waals surface area contributed by atoms with Gasteiger partial charge in [-0.1, -0.05) is 6.07 Å². The molecule has 0 aromatic heterocycles. The topological polar surface area (TPSA) is 108 Å². The van der Waals surface area contributed by atoms with E-state index < -0.39 is 14.9 Å². The molecule has 0 fully saturated rings. The second kappa shape index (κ2) is 7.49. The summed E-state index contributed by atoms with van der Waals surface area (Å²) in [5.74, 6) is 1.06. The maximum absolute atomic E-state index is 12.5. The van der Waals surface area contributed by atoms with Gasteiger partial charge in [0.25, 0.3) is 5.69 Å². The number of hydrogen-bond donors (Lipinski definition) is 1. The minimum Gasteiger partial charge on any atom is -0.497 e. The third-order valence-corrected chi connectivity index (χ3v) is 5.16. The zero-order valence-corrected chi connectivity index (χ0v) is 14.8. The van der Waals surface area contributed by atoms with Crippen LogP contribution in [0.25, 0.3) is 0 Å². The van der Waals surface area contributed by atoms with Crippen LogP contribution in [0, 0.1) is 17.0 Å². The van der Waals surface area contributed by atoms with Crippen molar-refractivity contribution in [1.82, 2.24) is 4.72 Å². The van der Waals surface area contributed by atoms with Crippen LogP contribution in [-0.2, 0) is 16.6 Å². The molecule has 0 saturated carbocycles. The van der Waals surface area contributed by atoms with Crippen molar-refractivity contribution in [3.8, 4) is 11.5 Å². The summed E-state index contributed by atoms with van der Waals surface area (Å²) in [5, 5.41) is 10.9. The lowest BCUT2D eigenvalue weighted by atomic mass is 10.2. The molecule has 0 aliphatic rings. The number of hydrogen-bond acceptors (Lipinski definition) is 6. The Morgan fingerprint density at radius 3 is 2.44 bits per heavy atom. The molecule has 9 heteroatoms. The number of nitrogens with zero attached hydrogens (tertiary/aromatic N) is 1. The van der Waals surface area contributed by atoms with E-state index >= 15 is 0 Å². The number of nitro benzene ring substituents is 1. The van der Waals surface area contributed by atoms with Gasteiger partial charge in [0.05, 0.1) is 24.0 Å². The summed E-state index contributed by atoms with van der Waals surface area (Å²) in [4.78, 5) is 10.1. The molecule has 0 aliphatic heterocycles. The number of non-ortho nitro benzene ring substituents is 1. The molecule has 0 radical (unpaired) electrons. The minimum absolute atomic E-state index is 0.0508. The van der Waals surface area contributed by atoms with E-state index in [0.717, 1.165) is 6.07 Å². The summed E-state index contributed by atoms with van der Waals surface area (Å²) in [6, 6.07) is 8.73. The van der Waals surface area contributed by atoms with E-state index in [1.54, 1.807) is 25.1 Å². The van der Waals surface area contributed by atoms with Crippen molar-refractivity contribution in [1.29, 1.82) is 0 Å². The fourth-order valence-corrected chi connectivity index (χ4v) is 3.53. The van der Waals surface area contributed by atoms with Crippen LogP contribution < -0.4 is 14.2 Å². The first-order valence-corrected chi connectivity index (χ1v) is 8.72. The van der Waals surface area contributed by atoms with E-state index in [2.05, 4.69) is 4.72 Å². The summed E-state index contributed by atoms with van der Waals surface area (Å²) in [6.45, 7) is 1.52. The van der Waals surface area contributed by atoms with Crippen molar-refractivity contribution < 1.29 is 22.8 Å². The molecule has 0 spiro atoms. The number of aryl methyl sites for hydroxylation is 1. The Balaban J connectivity index is 2.31. The number of nitro groups is 1. The lowest BCUT2D eigenvalue weighted by molar-refractivity contribution is -0.385. The molecule has 0 heterocycles. The molecule has 0 saturated heterocycles. The molecular formula is C16H18N2O6S. The van der Waals surface area contributed by atoms with E-state index in [9.17, 15) is 18.5 Å². The molecule has 134 valence electrons. The first kappa shape index (κ1) is 18.7. The molecule has 0 unspecified atom stereocenters. The van der Waals surface area contributed by atoms with Gasteiger partial charge >= 0.3 is 0 Å². The van der Waals surface area contributed by atoms with Crippen molar-refractivity contribution in [2.24, 2.45) is 0 Å². The number of benzene rings is 2. The van der Waals surface area contributed by atoms with Crippen molar-refractivity contribution in [2.45, 2.75) is 18.4 Å². The van der Waals surface area contributed by atoms with E-state index in [1.807, 2.05) is 0 Å². The standard InChI is InChI=1S/C16H18N2O6S/c1-11-4-5-13(18(19)20)9-16(11)25(21,22)17-10-12-8-14(23-2)6-7-15(12)24-3/h4-9,17H,10H2,1-3H3. The van der Waals surface area contributed by atoms with Crippen LogP contribution in [0.4, 0.5) is 5.69 Å². The van der Waals surface area contributed by atoms with Gasteiger partial charge in [-0.25, -0.2) is 13.1 Å². The Labute approximate surface area is 145 Å². The fourth-order valence-electron chi connectivity index (χ4n) is 2.26. The molecule has 2 rings (SSSR count). The normalized spacial score (nSPS) is 11.2. The van der Waals surface area contributed by atoms with Gasteiger partial charge in [0.15, 0.2) is 0 Å². The van der Waals surface area contributed by atoms with Crippen LogP contribution in [0.1, 0.15) is 11.1 Å². The Bertz CT molecular complexity index is 895. The largest absolute Gasteiger partial charge is 0.497 e. The van der Waals surface area contributed by atoms with Crippen LogP contribution in [0.15, 0.2) is 41.3 Å². The van der Waals surface area contributed by atoms with E-state index in [1.165, 1.54) is 26.4 Å². The number of nitrogens with one attached hydrogen (secondary N) is 1. The number of ether oxygens (including phenoxy) is 2. The van der Waals surface area contributed by atoms with Crippen LogP contribution in [0.3, 0.4) is 0 Å². The Morgan fingerprint density at radius 1 is 1.12 bits per heavy atom. The highest BCUT2D eigenvalue weighted by Crippen LogP contribution is 2.25. The van der Waals surface area contributed by atoms with E-state index in [4.69, 9.17) is 9.47 Å². The monoisotopic (exact) mass is 366 g/mol. The van der Waals surface area contributed by atoms with E-state index in [0.29, 0.717) is 22.6 Å². The highest BCUT2D eigenvalue weighted by Gasteiger charge is 2.21. The van der Waals surface area contributed by atoms with Gasteiger partial charge in [-0.05, 0) is 30.7 Å². The Hall–Kier alpha value is -2.65. The zero-order valence-electron chi connectivity index (χ0n) is 14.0. The second-order valence-corrected chi connectivity index (χ2v) is 6.94. The van der Waals surface area contributed by atoms with Gasteiger partial charge < -0.3 is 9.47 Å². The highest BCUT2D eigenvalue weighted by molar-refractivity contribution is 7.89. The van der Waals surface area contributed by atoms with Crippen molar-refractivity contribution in [3.05, 3.63) is 57.6 Å². The van der Waals surface area contributed by atoms with Gasteiger partial charge in [-0.3, -0.25) is 10.1 Å². The average Bonchev–Trinajstić information content (AvgIpc) is 2.59. The van der Waals surface area contributed by atoms with Gasteiger partial charge in [-0.15, -0.1) is 0 Å². The minimum atomic E-state index is -3.94. The Kier molecular flexibility index (Phi) is 5.60. The highest BCUT2D eigenvalue weighted by atomic mass is 32.2. The van der Waals surface area contributed by atoms with Crippen LogP contribution in [0.2, 0.25) is 0 Å². The third kappa shape index (κ3) is 4.25. The second-order valence-electron chi connectivity index (χ2n) is 5.21. The maximum Gasteiger partial charge on any atom is 0.270 e. The van der Waals surface area contributed by atoms with Gasteiger partial charge in [0, 0.05) is 24.2 Å². The quantitative estimate of drug-likeness (QED) is 0.595. The van der Waals surface area contributed by atoms with Crippen LogP contribution in [-0.4, -0.2) is 27.6 Å². The number of rotatable bonds is 7. The molecule has 0 atom stereocenters. The van der Waals surface area contributed by atoms with Gasteiger partial charge in [0.1, 0.15) is 11.5 Å². The third-order valence-electron chi connectivity index (χ3n) is 3.61. The van der Waals surface area contributed by atoms with Crippen LogP contribution in [0.5, 0.6) is 11.5 Å².